The first-order chi connectivity index (χ1) is 8.40. The van der Waals surface area contributed by atoms with Crippen LogP contribution in [0.3, 0.4) is 0 Å². The average molecular weight is 263 g/mol. The molecule has 6 heteroatoms. The summed E-state index contributed by atoms with van der Waals surface area (Å²) in [6.07, 6.45) is 0. The number of nitrogens with one attached hydrogen (secondary N) is 1. The third-order valence-electron chi connectivity index (χ3n) is 2.41. The Hall–Kier alpha value is -1.89. The number of nitriles is 2. The maximum atomic E-state index is 12.0. The van der Waals surface area contributed by atoms with Gasteiger partial charge < -0.3 is 0 Å². The minimum absolute atomic E-state index is 0.0506. The molecule has 0 aliphatic carbocycles. The van der Waals surface area contributed by atoms with E-state index < -0.39 is 15.9 Å². The Morgan fingerprint density at radius 2 is 2.06 bits per heavy atom. The van der Waals surface area contributed by atoms with E-state index in [1.807, 2.05) is 12.1 Å². The molecular formula is C12H13N3O2S. The highest BCUT2D eigenvalue weighted by molar-refractivity contribution is 7.89. The minimum Gasteiger partial charge on any atom is -0.210 e. The smallest absolute Gasteiger partial charge is 0.210 e. The first-order valence-electron chi connectivity index (χ1n) is 5.30. The third-order valence-corrected chi connectivity index (χ3v) is 3.97. The lowest BCUT2D eigenvalue weighted by atomic mass is 10.2. The van der Waals surface area contributed by atoms with E-state index in [9.17, 15) is 8.42 Å². The van der Waals surface area contributed by atoms with Crippen LogP contribution in [-0.2, 0) is 10.0 Å². The van der Waals surface area contributed by atoms with Gasteiger partial charge in [-0.2, -0.15) is 10.5 Å². The highest BCUT2D eigenvalue weighted by Gasteiger charge is 2.18. The highest BCUT2D eigenvalue weighted by Crippen LogP contribution is 2.16. The molecule has 0 saturated heterocycles. The molecule has 94 valence electrons. The second kappa shape index (κ2) is 5.63. The molecule has 0 fully saturated rings. The molecule has 5 nitrogen and oxygen atoms in total. The van der Waals surface area contributed by atoms with Crippen LogP contribution >= 0.6 is 0 Å². The lowest BCUT2D eigenvalue weighted by molar-refractivity contribution is 0.572. The van der Waals surface area contributed by atoms with Crippen LogP contribution in [0.1, 0.15) is 18.1 Å². The molecule has 0 bridgehead atoms. The average Bonchev–Trinajstić information content (AvgIpc) is 2.36. The van der Waals surface area contributed by atoms with Crippen molar-refractivity contribution in [1.82, 2.24) is 4.72 Å². The van der Waals surface area contributed by atoms with Gasteiger partial charge in [0.2, 0.25) is 10.0 Å². The van der Waals surface area contributed by atoms with Gasteiger partial charge in [-0.15, -0.1) is 0 Å². The fourth-order valence-electron chi connectivity index (χ4n) is 1.32. The van der Waals surface area contributed by atoms with Crippen LogP contribution in [0.4, 0.5) is 0 Å². The van der Waals surface area contributed by atoms with E-state index in [-0.39, 0.29) is 17.0 Å². The Bertz CT molecular complexity index is 624. The summed E-state index contributed by atoms with van der Waals surface area (Å²) in [5.41, 5.74) is 0.848. The van der Waals surface area contributed by atoms with E-state index in [2.05, 4.69) is 4.72 Å². The zero-order valence-electron chi connectivity index (χ0n) is 10.1. The van der Waals surface area contributed by atoms with Gasteiger partial charge in [-0.3, -0.25) is 0 Å². The normalized spacial score (nSPS) is 12.4. The van der Waals surface area contributed by atoms with E-state index in [1.54, 1.807) is 26.0 Å². The molecule has 1 unspecified atom stereocenters. The van der Waals surface area contributed by atoms with Crippen LogP contribution < -0.4 is 4.72 Å². The zero-order valence-corrected chi connectivity index (χ0v) is 11.0. The molecule has 1 N–H and O–H groups in total. The number of aryl methyl sites for hydroxylation is 1. The van der Waals surface area contributed by atoms with E-state index in [1.165, 1.54) is 6.07 Å². The summed E-state index contributed by atoms with van der Waals surface area (Å²) in [4.78, 5) is 0.0756. The number of hydrogen-bond acceptors (Lipinski definition) is 4. The van der Waals surface area contributed by atoms with Crippen molar-refractivity contribution >= 4 is 10.0 Å². The molecule has 1 rings (SSSR count). The van der Waals surface area contributed by atoms with Gasteiger partial charge in [-0.05, 0) is 31.5 Å². The fraction of sp³-hybridized carbons (Fsp3) is 0.333. The summed E-state index contributed by atoms with van der Waals surface area (Å²) >= 11 is 0. The van der Waals surface area contributed by atoms with E-state index in [0.717, 1.165) is 0 Å². The van der Waals surface area contributed by atoms with Gasteiger partial charge in [0, 0.05) is 6.54 Å². The van der Waals surface area contributed by atoms with Crippen molar-refractivity contribution in [1.29, 1.82) is 10.5 Å². The molecule has 0 radical (unpaired) electrons. The Morgan fingerprint density at radius 3 is 2.61 bits per heavy atom. The molecule has 1 aromatic carbocycles. The first-order valence-corrected chi connectivity index (χ1v) is 6.79. The summed E-state index contributed by atoms with van der Waals surface area (Å²) in [5.74, 6) is -0.403. The highest BCUT2D eigenvalue weighted by atomic mass is 32.2. The summed E-state index contributed by atoms with van der Waals surface area (Å²) in [6, 6.07) is 8.32. The van der Waals surface area contributed by atoms with Crippen molar-refractivity contribution in [2.24, 2.45) is 5.92 Å². The molecule has 0 amide bonds. The molecule has 1 atom stereocenters. The summed E-state index contributed by atoms with van der Waals surface area (Å²) in [6.45, 7) is 3.33. The van der Waals surface area contributed by atoms with Crippen LogP contribution in [0, 0.1) is 35.5 Å². The van der Waals surface area contributed by atoms with Gasteiger partial charge in [-0.1, -0.05) is 6.07 Å². The molecule has 0 saturated carbocycles. The molecule has 0 aromatic heterocycles. The maximum absolute atomic E-state index is 12.0. The van der Waals surface area contributed by atoms with Crippen LogP contribution in [0.5, 0.6) is 0 Å². The van der Waals surface area contributed by atoms with Crippen molar-refractivity contribution in [3.8, 4) is 12.1 Å². The maximum Gasteiger partial charge on any atom is 0.240 e. The quantitative estimate of drug-likeness (QED) is 0.886. The fourth-order valence-corrected chi connectivity index (χ4v) is 2.72. The number of rotatable bonds is 4. The van der Waals surface area contributed by atoms with Crippen molar-refractivity contribution in [2.45, 2.75) is 18.7 Å². The lowest BCUT2D eigenvalue weighted by Gasteiger charge is -2.10. The second-order valence-electron chi connectivity index (χ2n) is 3.97. The second-order valence-corrected chi connectivity index (χ2v) is 5.71. The first kappa shape index (κ1) is 14.2. The van der Waals surface area contributed by atoms with Gasteiger partial charge in [0.15, 0.2) is 0 Å². The predicted octanol–water partition coefficient (Wildman–Crippen LogP) is 1.30. The minimum atomic E-state index is -3.68. The van der Waals surface area contributed by atoms with Crippen molar-refractivity contribution in [3.05, 3.63) is 29.3 Å². The zero-order chi connectivity index (χ0) is 13.8. The van der Waals surface area contributed by atoms with E-state index >= 15 is 0 Å². The van der Waals surface area contributed by atoms with Gasteiger partial charge in [-0.25, -0.2) is 13.1 Å². The van der Waals surface area contributed by atoms with Crippen LogP contribution in [0.25, 0.3) is 0 Å². The summed E-state index contributed by atoms with van der Waals surface area (Å²) in [7, 11) is -3.68. The molecular weight excluding hydrogens is 250 g/mol. The molecule has 0 heterocycles. The molecule has 0 aliphatic rings. The number of benzene rings is 1. The Labute approximate surface area is 107 Å². The van der Waals surface area contributed by atoms with Gasteiger partial charge in [0.1, 0.15) is 0 Å². The lowest BCUT2D eigenvalue weighted by Crippen LogP contribution is -2.28. The number of sulfonamides is 1. The molecule has 18 heavy (non-hydrogen) atoms. The van der Waals surface area contributed by atoms with Gasteiger partial charge >= 0.3 is 0 Å². The Morgan fingerprint density at radius 1 is 1.39 bits per heavy atom. The van der Waals surface area contributed by atoms with Crippen molar-refractivity contribution < 1.29 is 8.42 Å². The predicted molar refractivity (Wildman–Crippen MR) is 65.9 cm³/mol. The standard InChI is InChI=1S/C12H13N3O2S/c1-9(6-13)8-15-18(16,17)12-5-11(7-14)4-3-10(12)2/h3-5,9,15H,8H2,1-2H3. The topological polar surface area (TPSA) is 93.8 Å². The largest absolute Gasteiger partial charge is 0.240 e. The number of hydrogen-bond donors (Lipinski definition) is 1. The van der Waals surface area contributed by atoms with Crippen LogP contribution in [0.2, 0.25) is 0 Å². The number of nitrogens with zero attached hydrogens (tertiary/aromatic N) is 2. The van der Waals surface area contributed by atoms with Crippen molar-refractivity contribution in [3.63, 3.8) is 0 Å². The molecule has 0 spiro atoms. The Kier molecular flexibility index (Phi) is 4.43. The van der Waals surface area contributed by atoms with E-state index in [0.29, 0.717) is 5.56 Å². The molecule has 1 aromatic rings. The van der Waals surface area contributed by atoms with E-state index in [4.69, 9.17) is 10.5 Å². The summed E-state index contributed by atoms with van der Waals surface area (Å²) < 4.78 is 26.4. The Balaban J connectivity index is 3.06. The summed E-state index contributed by atoms with van der Waals surface area (Å²) in [5, 5.41) is 17.4. The van der Waals surface area contributed by atoms with Crippen molar-refractivity contribution in [2.75, 3.05) is 6.54 Å². The van der Waals surface area contributed by atoms with Gasteiger partial charge in [0.25, 0.3) is 0 Å². The SMILES string of the molecule is Cc1ccc(C#N)cc1S(=O)(=O)NCC(C)C#N. The molecule has 0 aliphatic heterocycles. The third kappa shape index (κ3) is 3.30. The van der Waals surface area contributed by atoms with Crippen LogP contribution in [-0.4, -0.2) is 15.0 Å². The van der Waals surface area contributed by atoms with Gasteiger partial charge in [0.05, 0.1) is 28.5 Å². The monoisotopic (exact) mass is 263 g/mol. The van der Waals surface area contributed by atoms with Crippen LogP contribution in [0.15, 0.2) is 23.1 Å².